The Bertz CT molecular complexity index is 646. The van der Waals surface area contributed by atoms with E-state index in [1.165, 1.54) is 0 Å². The third kappa shape index (κ3) is 3.01. The fraction of sp³-hybridized carbons (Fsp3) is 0.389. The van der Waals surface area contributed by atoms with Crippen LogP contribution < -0.4 is 5.32 Å². The molecule has 3 heteroatoms. The first-order valence-corrected chi connectivity index (χ1v) is 7.46. The zero-order valence-corrected chi connectivity index (χ0v) is 12.7. The fourth-order valence-corrected chi connectivity index (χ4v) is 2.61. The topological polar surface area (TPSA) is 56.0 Å². The van der Waals surface area contributed by atoms with Gasteiger partial charge in [0.25, 0.3) is 0 Å². The molecule has 0 aliphatic rings. The van der Waals surface area contributed by atoms with Gasteiger partial charge in [-0.1, -0.05) is 38.1 Å². The lowest BCUT2D eigenvalue weighted by Crippen LogP contribution is -2.32. The summed E-state index contributed by atoms with van der Waals surface area (Å²) < 4.78 is 0. The van der Waals surface area contributed by atoms with Crippen molar-refractivity contribution in [1.82, 2.24) is 0 Å². The van der Waals surface area contributed by atoms with Crippen LogP contribution in [-0.2, 0) is 0 Å². The molecular formula is C18H22N2O. The smallest absolute Gasteiger partial charge is 0.0998 e. The number of aliphatic hydroxyl groups is 1. The third-order valence-corrected chi connectivity index (χ3v) is 4.53. The van der Waals surface area contributed by atoms with Crippen LogP contribution in [0.25, 0.3) is 10.8 Å². The Morgan fingerprint density at radius 2 is 1.76 bits per heavy atom. The minimum Gasteiger partial charge on any atom is -0.396 e. The first kappa shape index (κ1) is 15.3. The molecule has 0 aliphatic heterocycles. The monoisotopic (exact) mass is 282 g/mol. The Morgan fingerprint density at radius 1 is 1.10 bits per heavy atom. The number of hydrogen-bond acceptors (Lipinski definition) is 3. The molecule has 0 saturated carbocycles. The van der Waals surface area contributed by atoms with Gasteiger partial charge in [-0.3, -0.25) is 0 Å². The van der Waals surface area contributed by atoms with Crippen molar-refractivity contribution in [3.63, 3.8) is 0 Å². The van der Waals surface area contributed by atoms with Gasteiger partial charge in [0, 0.05) is 28.4 Å². The summed E-state index contributed by atoms with van der Waals surface area (Å²) in [5, 5.41) is 24.3. The highest BCUT2D eigenvalue weighted by Gasteiger charge is 2.25. The minimum atomic E-state index is -0.0883. The van der Waals surface area contributed by atoms with E-state index in [4.69, 9.17) is 0 Å². The van der Waals surface area contributed by atoms with Crippen LogP contribution in [0, 0.1) is 16.7 Å². The van der Waals surface area contributed by atoms with Crippen LogP contribution >= 0.6 is 0 Å². The summed E-state index contributed by atoms with van der Waals surface area (Å²) in [5.41, 5.74) is 1.62. The van der Waals surface area contributed by atoms with Crippen LogP contribution in [-0.4, -0.2) is 18.3 Å². The van der Waals surface area contributed by atoms with Crippen LogP contribution in [0.3, 0.4) is 0 Å². The summed E-state index contributed by atoms with van der Waals surface area (Å²) in [5.74, 6) is 0. The molecule has 2 aromatic rings. The number of nitriles is 1. The summed E-state index contributed by atoms with van der Waals surface area (Å²) in [6.07, 6.45) is 1.86. The zero-order chi connectivity index (χ0) is 15.3. The Labute approximate surface area is 126 Å². The van der Waals surface area contributed by atoms with Crippen molar-refractivity contribution in [2.75, 3.05) is 18.5 Å². The lowest BCUT2D eigenvalue weighted by Gasteiger charge is -2.30. The van der Waals surface area contributed by atoms with Gasteiger partial charge in [0.05, 0.1) is 18.2 Å². The first-order chi connectivity index (χ1) is 10.2. The quantitative estimate of drug-likeness (QED) is 0.844. The van der Waals surface area contributed by atoms with E-state index in [2.05, 4.69) is 25.2 Å². The number of aliphatic hydroxyl groups excluding tert-OH is 1. The van der Waals surface area contributed by atoms with Gasteiger partial charge >= 0.3 is 0 Å². The summed E-state index contributed by atoms with van der Waals surface area (Å²) in [6.45, 7) is 5.13. The molecule has 0 amide bonds. The maximum absolute atomic E-state index is 9.67. The van der Waals surface area contributed by atoms with E-state index in [9.17, 15) is 10.4 Å². The van der Waals surface area contributed by atoms with Crippen molar-refractivity contribution < 1.29 is 5.11 Å². The number of rotatable bonds is 6. The molecule has 0 saturated heterocycles. The number of benzene rings is 2. The van der Waals surface area contributed by atoms with E-state index in [1.807, 2.05) is 36.4 Å². The van der Waals surface area contributed by atoms with Gasteiger partial charge in [0.1, 0.15) is 0 Å². The predicted molar refractivity (Wildman–Crippen MR) is 87.3 cm³/mol. The van der Waals surface area contributed by atoms with Gasteiger partial charge in [-0.2, -0.15) is 5.26 Å². The molecule has 110 valence electrons. The van der Waals surface area contributed by atoms with Crippen molar-refractivity contribution in [2.45, 2.75) is 26.7 Å². The average Bonchev–Trinajstić information content (AvgIpc) is 2.56. The lowest BCUT2D eigenvalue weighted by molar-refractivity contribution is 0.127. The predicted octanol–water partition coefficient (Wildman–Crippen LogP) is 3.92. The number of nitrogens with one attached hydrogen (secondary N) is 1. The molecule has 0 fully saturated rings. The van der Waals surface area contributed by atoms with Crippen LogP contribution in [0.4, 0.5) is 5.69 Å². The van der Waals surface area contributed by atoms with Gasteiger partial charge in [0.2, 0.25) is 0 Å². The maximum Gasteiger partial charge on any atom is 0.0998 e. The molecule has 0 bridgehead atoms. The zero-order valence-electron chi connectivity index (χ0n) is 12.7. The molecule has 3 nitrogen and oxygen atoms in total. The second-order valence-electron chi connectivity index (χ2n) is 5.54. The van der Waals surface area contributed by atoms with Gasteiger partial charge in [-0.15, -0.1) is 0 Å². The van der Waals surface area contributed by atoms with Crippen molar-refractivity contribution in [3.8, 4) is 6.07 Å². The summed E-state index contributed by atoms with van der Waals surface area (Å²) in [4.78, 5) is 0. The highest BCUT2D eigenvalue weighted by atomic mass is 16.3. The second kappa shape index (κ2) is 6.60. The van der Waals surface area contributed by atoms with Gasteiger partial charge in [-0.05, 0) is 25.0 Å². The molecule has 0 radical (unpaired) electrons. The molecule has 0 aliphatic carbocycles. The van der Waals surface area contributed by atoms with Gasteiger partial charge in [0.15, 0.2) is 0 Å². The first-order valence-electron chi connectivity index (χ1n) is 7.46. The third-order valence-electron chi connectivity index (χ3n) is 4.53. The van der Waals surface area contributed by atoms with E-state index >= 15 is 0 Å². The normalized spacial score (nSPS) is 11.3. The van der Waals surface area contributed by atoms with E-state index in [0.29, 0.717) is 5.56 Å². The Balaban J connectivity index is 2.34. The molecule has 2 N–H and O–H groups in total. The van der Waals surface area contributed by atoms with E-state index in [1.54, 1.807) is 0 Å². The van der Waals surface area contributed by atoms with E-state index < -0.39 is 0 Å². The summed E-state index contributed by atoms with van der Waals surface area (Å²) >= 11 is 0. The van der Waals surface area contributed by atoms with Crippen molar-refractivity contribution in [3.05, 3.63) is 42.0 Å². The van der Waals surface area contributed by atoms with Crippen molar-refractivity contribution in [1.29, 1.82) is 5.26 Å². The number of fused-ring (bicyclic) bond motifs is 1. The summed E-state index contributed by atoms with van der Waals surface area (Å²) in [7, 11) is 0. The van der Waals surface area contributed by atoms with Crippen LogP contribution in [0.15, 0.2) is 36.4 Å². The van der Waals surface area contributed by atoms with Crippen molar-refractivity contribution >= 4 is 16.5 Å². The highest BCUT2D eigenvalue weighted by Crippen LogP contribution is 2.30. The highest BCUT2D eigenvalue weighted by molar-refractivity contribution is 5.97. The minimum absolute atomic E-state index is 0.0883. The largest absolute Gasteiger partial charge is 0.396 e. The van der Waals surface area contributed by atoms with Gasteiger partial charge in [-0.25, -0.2) is 0 Å². The van der Waals surface area contributed by atoms with Gasteiger partial charge < -0.3 is 10.4 Å². The van der Waals surface area contributed by atoms with Crippen LogP contribution in [0.5, 0.6) is 0 Å². The van der Waals surface area contributed by atoms with Crippen molar-refractivity contribution in [2.24, 2.45) is 5.41 Å². The molecule has 0 atom stereocenters. The van der Waals surface area contributed by atoms with Crippen LogP contribution in [0.1, 0.15) is 32.3 Å². The average molecular weight is 282 g/mol. The second-order valence-corrected chi connectivity index (χ2v) is 5.54. The standard InChI is InChI=1S/C18H22N2O/c1-3-18(4-2,13-21)12-20-17-10-9-14(11-19)15-7-5-6-8-16(15)17/h5-10,20-21H,3-4,12-13H2,1-2H3. The number of hydrogen-bond donors (Lipinski definition) is 2. The molecule has 2 rings (SSSR count). The maximum atomic E-state index is 9.67. The Hall–Kier alpha value is -2.05. The molecule has 21 heavy (non-hydrogen) atoms. The Kier molecular flexibility index (Phi) is 4.82. The van der Waals surface area contributed by atoms with E-state index in [0.717, 1.165) is 35.8 Å². The van der Waals surface area contributed by atoms with E-state index in [-0.39, 0.29) is 12.0 Å². The summed E-state index contributed by atoms with van der Waals surface area (Å²) in [6, 6.07) is 14.0. The molecular weight excluding hydrogens is 260 g/mol. The molecule has 0 unspecified atom stereocenters. The molecule has 0 heterocycles. The fourth-order valence-electron chi connectivity index (χ4n) is 2.61. The number of anilines is 1. The lowest BCUT2D eigenvalue weighted by atomic mass is 9.83. The number of nitrogens with zero attached hydrogens (tertiary/aromatic N) is 1. The molecule has 0 spiro atoms. The molecule has 0 aromatic heterocycles. The molecule has 2 aromatic carbocycles. The van der Waals surface area contributed by atoms with Crippen LogP contribution in [0.2, 0.25) is 0 Å². The SMILES string of the molecule is CCC(CC)(CO)CNc1ccc(C#N)c2ccccc12. The Morgan fingerprint density at radius 3 is 2.33 bits per heavy atom.